The van der Waals surface area contributed by atoms with Crippen LogP contribution >= 0.6 is 0 Å². The second-order valence-corrected chi connectivity index (χ2v) is 5.45. The molecule has 1 amide bonds. The zero-order chi connectivity index (χ0) is 13.1. The third-order valence-corrected chi connectivity index (χ3v) is 4.17. The normalized spacial score (nSPS) is 27.1. The molecule has 1 saturated carbocycles. The Labute approximate surface area is 108 Å². The van der Waals surface area contributed by atoms with Gasteiger partial charge in [-0.25, -0.2) is 0 Å². The van der Waals surface area contributed by atoms with Crippen LogP contribution in [0.2, 0.25) is 0 Å². The zero-order valence-corrected chi connectivity index (χ0v) is 10.9. The number of allylic oxidation sites excluding steroid dienone is 1. The molecule has 0 spiro atoms. The topological polar surface area (TPSA) is 57.6 Å². The summed E-state index contributed by atoms with van der Waals surface area (Å²) in [6.45, 7) is 0. The Morgan fingerprint density at radius 1 is 1.39 bits per heavy atom. The van der Waals surface area contributed by atoms with Gasteiger partial charge in [0.2, 0.25) is 5.91 Å². The van der Waals surface area contributed by atoms with Gasteiger partial charge in [-0.15, -0.1) is 0 Å². The van der Waals surface area contributed by atoms with Crippen molar-refractivity contribution in [3.8, 4) is 0 Å². The largest absolute Gasteiger partial charge is 0.481 e. The van der Waals surface area contributed by atoms with Crippen molar-refractivity contribution in [1.82, 2.24) is 4.90 Å². The van der Waals surface area contributed by atoms with Gasteiger partial charge < -0.3 is 10.0 Å². The fourth-order valence-corrected chi connectivity index (χ4v) is 2.69. The van der Waals surface area contributed by atoms with Crippen LogP contribution in [0, 0.1) is 5.92 Å². The van der Waals surface area contributed by atoms with Crippen molar-refractivity contribution in [2.45, 2.75) is 51.0 Å². The van der Waals surface area contributed by atoms with Gasteiger partial charge in [0.05, 0.1) is 5.92 Å². The summed E-state index contributed by atoms with van der Waals surface area (Å²) in [5, 5.41) is 8.82. The van der Waals surface area contributed by atoms with Gasteiger partial charge in [0.1, 0.15) is 0 Å². The predicted molar refractivity (Wildman–Crippen MR) is 68.1 cm³/mol. The molecule has 0 radical (unpaired) electrons. The number of amides is 1. The quantitative estimate of drug-likeness (QED) is 0.779. The summed E-state index contributed by atoms with van der Waals surface area (Å²) in [6.07, 6.45) is 8.48. The molecule has 4 heteroatoms. The Balaban J connectivity index is 1.79. The lowest BCUT2D eigenvalue weighted by atomic mass is 9.79. The first kappa shape index (κ1) is 13.1. The first-order valence-electron chi connectivity index (χ1n) is 6.74. The number of carbonyl (C=O) groups excluding carboxylic acids is 1. The molecule has 0 unspecified atom stereocenters. The summed E-state index contributed by atoms with van der Waals surface area (Å²) in [5.41, 5.74) is 1.26. The van der Waals surface area contributed by atoms with Gasteiger partial charge in [0, 0.05) is 19.5 Å². The number of hydrogen-bond acceptors (Lipinski definition) is 2. The van der Waals surface area contributed by atoms with Crippen LogP contribution < -0.4 is 0 Å². The summed E-state index contributed by atoms with van der Waals surface area (Å²) in [7, 11) is 1.80. The predicted octanol–water partition coefficient (Wildman–Crippen LogP) is 2.20. The zero-order valence-electron chi connectivity index (χ0n) is 10.9. The molecule has 100 valence electrons. The van der Waals surface area contributed by atoms with Crippen LogP contribution in [-0.2, 0) is 9.59 Å². The number of carboxylic acid groups (broad SMARTS) is 1. The highest BCUT2D eigenvalue weighted by atomic mass is 16.4. The molecule has 1 N–H and O–H groups in total. The minimum absolute atomic E-state index is 0.128. The summed E-state index contributed by atoms with van der Waals surface area (Å²) in [4.78, 5) is 24.5. The fraction of sp³-hybridized carbons (Fsp3) is 0.714. The van der Waals surface area contributed by atoms with Crippen LogP contribution in [0.4, 0.5) is 0 Å². The average molecular weight is 251 g/mol. The van der Waals surface area contributed by atoms with Crippen LogP contribution in [0.3, 0.4) is 0 Å². The van der Waals surface area contributed by atoms with Crippen molar-refractivity contribution in [2.75, 3.05) is 7.05 Å². The van der Waals surface area contributed by atoms with E-state index in [1.807, 2.05) is 0 Å². The SMILES string of the molecule is CN(C(=O)CC1=CCCCC1)C1CC(C(=O)O)C1. The van der Waals surface area contributed by atoms with Crippen molar-refractivity contribution in [1.29, 1.82) is 0 Å². The van der Waals surface area contributed by atoms with E-state index in [1.54, 1.807) is 11.9 Å². The third kappa shape index (κ3) is 2.92. The van der Waals surface area contributed by atoms with Gasteiger partial charge in [-0.2, -0.15) is 0 Å². The highest BCUT2D eigenvalue weighted by Crippen LogP contribution is 2.32. The third-order valence-electron chi connectivity index (χ3n) is 4.17. The van der Waals surface area contributed by atoms with Crippen molar-refractivity contribution in [3.05, 3.63) is 11.6 Å². The molecule has 0 aromatic heterocycles. The van der Waals surface area contributed by atoms with Gasteiger partial charge in [0.15, 0.2) is 0 Å². The monoisotopic (exact) mass is 251 g/mol. The maximum absolute atomic E-state index is 12.1. The number of carboxylic acids is 1. The van der Waals surface area contributed by atoms with Crippen molar-refractivity contribution in [2.24, 2.45) is 5.92 Å². The number of hydrogen-bond donors (Lipinski definition) is 1. The molecule has 0 aromatic rings. The standard InChI is InChI=1S/C14H21NO3/c1-15(12-8-11(9-12)14(17)18)13(16)7-10-5-3-2-4-6-10/h5,11-12H,2-4,6-9H2,1H3,(H,17,18). The maximum atomic E-state index is 12.1. The molecule has 18 heavy (non-hydrogen) atoms. The smallest absolute Gasteiger partial charge is 0.306 e. The highest BCUT2D eigenvalue weighted by Gasteiger charge is 2.38. The van der Waals surface area contributed by atoms with Gasteiger partial charge in [-0.05, 0) is 38.5 Å². The van der Waals surface area contributed by atoms with Crippen LogP contribution in [0.25, 0.3) is 0 Å². The molecule has 2 aliphatic carbocycles. The van der Waals surface area contributed by atoms with E-state index in [0.29, 0.717) is 19.3 Å². The molecule has 0 aromatic carbocycles. The Bertz CT molecular complexity index is 369. The van der Waals surface area contributed by atoms with Crippen molar-refractivity contribution < 1.29 is 14.7 Å². The molecule has 0 bridgehead atoms. The summed E-state index contributed by atoms with van der Waals surface area (Å²) in [6, 6.07) is 0.128. The lowest BCUT2D eigenvalue weighted by Crippen LogP contribution is -2.47. The summed E-state index contributed by atoms with van der Waals surface area (Å²) >= 11 is 0. The number of carbonyl (C=O) groups is 2. The Kier molecular flexibility index (Phi) is 4.04. The molecule has 0 saturated heterocycles. The van der Waals surface area contributed by atoms with Crippen molar-refractivity contribution in [3.63, 3.8) is 0 Å². The van der Waals surface area contributed by atoms with E-state index in [2.05, 4.69) is 6.08 Å². The van der Waals surface area contributed by atoms with Crippen molar-refractivity contribution >= 4 is 11.9 Å². The van der Waals surface area contributed by atoms with E-state index >= 15 is 0 Å². The molecule has 0 heterocycles. The maximum Gasteiger partial charge on any atom is 0.306 e. The van der Waals surface area contributed by atoms with Gasteiger partial charge in [-0.1, -0.05) is 11.6 Å². The van der Waals surface area contributed by atoms with E-state index in [0.717, 1.165) is 12.8 Å². The lowest BCUT2D eigenvalue weighted by Gasteiger charge is -2.39. The summed E-state index contributed by atoms with van der Waals surface area (Å²) < 4.78 is 0. The Morgan fingerprint density at radius 2 is 2.11 bits per heavy atom. The lowest BCUT2D eigenvalue weighted by molar-refractivity contribution is -0.149. The Morgan fingerprint density at radius 3 is 2.67 bits per heavy atom. The van der Waals surface area contributed by atoms with E-state index in [4.69, 9.17) is 5.11 Å². The Hall–Kier alpha value is -1.32. The molecule has 1 fully saturated rings. The second kappa shape index (κ2) is 5.55. The number of nitrogens with zero attached hydrogens (tertiary/aromatic N) is 1. The van der Waals surface area contributed by atoms with Gasteiger partial charge >= 0.3 is 5.97 Å². The van der Waals surface area contributed by atoms with Crippen LogP contribution in [0.5, 0.6) is 0 Å². The van der Waals surface area contributed by atoms with E-state index in [9.17, 15) is 9.59 Å². The molecule has 4 nitrogen and oxygen atoms in total. The molecule has 2 aliphatic rings. The first-order chi connectivity index (χ1) is 8.58. The molecular formula is C14H21NO3. The van der Waals surface area contributed by atoms with Crippen LogP contribution in [0.1, 0.15) is 44.9 Å². The average Bonchev–Trinajstić information content (AvgIpc) is 2.27. The van der Waals surface area contributed by atoms with E-state index in [1.165, 1.54) is 18.4 Å². The first-order valence-corrected chi connectivity index (χ1v) is 6.74. The van der Waals surface area contributed by atoms with Gasteiger partial charge in [-0.3, -0.25) is 9.59 Å². The number of aliphatic carboxylic acids is 1. The molecule has 2 rings (SSSR count). The van der Waals surface area contributed by atoms with Gasteiger partial charge in [0.25, 0.3) is 0 Å². The molecule has 0 atom stereocenters. The minimum Gasteiger partial charge on any atom is -0.481 e. The highest BCUT2D eigenvalue weighted by molar-refractivity contribution is 5.79. The van der Waals surface area contributed by atoms with Crippen LogP contribution in [-0.4, -0.2) is 35.0 Å². The van der Waals surface area contributed by atoms with E-state index < -0.39 is 5.97 Å². The molecule has 0 aliphatic heterocycles. The minimum atomic E-state index is -0.734. The fourth-order valence-electron chi connectivity index (χ4n) is 2.69. The number of rotatable bonds is 4. The van der Waals surface area contributed by atoms with E-state index in [-0.39, 0.29) is 17.9 Å². The second-order valence-electron chi connectivity index (χ2n) is 5.45. The molecular weight excluding hydrogens is 230 g/mol. The summed E-state index contributed by atoms with van der Waals surface area (Å²) in [5.74, 6) is -0.849. The van der Waals surface area contributed by atoms with Crippen LogP contribution in [0.15, 0.2) is 11.6 Å².